The van der Waals surface area contributed by atoms with Crippen molar-refractivity contribution in [2.24, 2.45) is 29.1 Å². The van der Waals surface area contributed by atoms with E-state index in [1.165, 1.54) is 43.3 Å². The summed E-state index contributed by atoms with van der Waals surface area (Å²) >= 11 is 0. The Morgan fingerprint density at radius 1 is 1.16 bits per heavy atom. The molecule has 1 spiro atoms. The van der Waals surface area contributed by atoms with Crippen molar-refractivity contribution in [3.8, 4) is 0 Å². The van der Waals surface area contributed by atoms with Gasteiger partial charge in [0.25, 0.3) is 0 Å². The number of allylic oxidation sites excluding steroid dienone is 2. The molecule has 0 radical (unpaired) electrons. The number of hydrogen-bond donors (Lipinski definition) is 2. The zero-order valence-corrected chi connectivity index (χ0v) is 20.4. The quantitative estimate of drug-likeness (QED) is 0.419. The average Bonchev–Trinajstić information content (AvgIpc) is 3.21. The molecule has 1 saturated heterocycles. The molecule has 0 bridgehead atoms. The molecule has 0 aromatic rings. The maximum Gasteiger partial charge on any atom is 0.106 e. The molecule has 2 N–H and O–H groups in total. The van der Waals surface area contributed by atoms with Crippen LogP contribution in [0.5, 0.6) is 0 Å². The summed E-state index contributed by atoms with van der Waals surface area (Å²) in [5, 5.41) is 20.4. The Kier molecular flexibility index (Phi) is 6.12. The van der Waals surface area contributed by atoms with Crippen molar-refractivity contribution in [3.05, 3.63) is 36.0 Å². The molecule has 4 fully saturated rings. The molecule has 3 aliphatic carbocycles. The molecule has 174 valence electrons. The van der Waals surface area contributed by atoms with Gasteiger partial charge in [-0.05, 0) is 100 Å². The van der Waals surface area contributed by atoms with Gasteiger partial charge in [-0.25, -0.2) is 0 Å². The number of aliphatic hydroxyl groups is 2. The van der Waals surface area contributed by atoms with E-state index in [4.69, 9.17) is 4.74 Å². The third kappa shape index (κ3) is 4.23. The highest BCUT2D eigenvalue weighted by Gasteiger charge is 2.68. The van der Waals surface area contributed by atoms with E-state index < -0.39 is 5.60 Å². The van der Waals surface area contributed by atoms with Gasteiger partial charge in [0.15, 0.2) is 0 Å². The van der Waals surface area contributed by atoms with Crippen molar-refractivity contribution >= 4 is 0 Å². The van der Waals surface area contributed by atoms with Gasteiger partial charge < -0.3 is 14.9 Å². The van der Waals surface area contributed by atoms with Crippen LogP contribution in [-0.4, -0.2) is 33.6 Å². The van der Waals surface area contributed by atoms with E-state index in [2.05, 4.69) is 45.6 Å². The first-order valence-electron chi connectivity index (χ1n) is 12.6. The summed E-state index contributed by atoms with van der Waals surface area (Å²) in [5.41, 5.74) is 2.09. The summed E-state index contributed by atoms with van der Waals surface area (Å²) in [6.07, 6.45) is 15.6. The average molecular weight is 429 g/mol. The van der Waals surface area contributed by atoms with E-state index in [0.29, 0.717) is 23.2 Å². The third-order valence-corrected chi connectivity index (χ3v) is 9.55. The fraction of sp³-hybridized carbons (Fsp3) is 0.786. The van der Waals surface area contributed by atoms with Crippen molar-refractivity contribution in [3.63, 3.8) is 0 Å². The van der Waals surface area contributed by atoms with Gasteiger partial charge in [-0.1, -0.05) is 45.1 Å². The van der Waals surface area contributed by atoms with Crippen LogP contribution in [0.15, 0.2) is 36.0 Å². The van der Waals surface area contributed by atoms with Crippen LogP contribution in [0.4, 0.5) is 0 Å². The van der Waals surface area contributed by atoms with Gasteiger partial charge in [-0.2, -0.15) is 0 Å². The molecule has 0 aromatic heterocycles. The summed E-state index contributed by atoms with van der Waals surface area (Å²) < 4.78 is 6.53. The summed E-state index contributed by atoms with van der Waals surface area (Å²) in [6, 6.07) is 0. The summed E-state index contributed by atoms with van der Waals surface area (Å²) in [5.74, 6) is 1.95. The molecule has 2 unspecified atom stereocenters. The van der Waals surface area contributed by atoms with Gasteiger partial charge in [0.2, 0.25) is 0 Å². The largest absolute Gasteiger partial charge is 0.393 e. The maximum absolute atomic E-state index is 10.3. The van der Waals surface area contributed by atoms with Gasteiger partial charge in [-0.15, -0.1) is 0 Å². The van der Waals surface area contributed by atoms with E-state index >= 15 is 0 Å². The zero-order valence-electron chi connectivity index (χ0n) is 20.4. The van der Waals surface area contributed by atoms with Gasteiger partial charge in [0.1, 0.15) is 11.7 Å². The van der Waals surface area contributed by atoms with Gasteiger partial charge in [0.05, 0.1) is 11.7 Å². The predicted octanol–water partition coefficient (Wildman–Crippen LogP) is 5.97. The molecule has 0 amide bonds. The Bertz CT molecular complexity index is 759. The van der Waals surface area contributed by atoms with Crippen LogP contribution < -0.4 is 0 Å². The van der Waals surface area contributed by atoms with E-state index in [1.807, 2.05) is 13.8 Å². The highest BCUT2D eigenvalue weighted by atomic mass is 16.6. The molecule has 4 aliphatic rings. The lowest BCUT2D eigenvalue weighted by Crippen LogP contribution is -2.44. The van der Waals surface area contributed by atoms with Crippen molar-refractivity contribution in [1.82, 2.24) is 0 Å². The second-order valence-electron chi connectivity index (χ2n) is 12.0. The molecule has 8 atom stereocenters. The highest BCUT2D eigenvalue weighted by Crippen LogP contribution is 2.67. The minimum Gasteiger partial charge on any atom is -0.393 e. The van der Waals surface area contributed by atoms with Crippen LogP contribution in [0.1, 0.15) is 86.0 Å². The smallest absolute Gasteiger partial charge is 0.106 e. The molecule has 3 nitrogen and oxygen atoms in total. The van der Waals surface area contributed by atoms with Crippen LogP contribution in [0, 0.1) is 29.1 Å². The zero-order chi connectivity index (χ0) is 22.6. The topological polar surface area (TPSA) is 53.0 Å². The number of epoxide rings is 1. The Balaban J connectivity index is 1.49. The Morgan fingerprint density at radius 2 is 1.90 bits per heavy atom. The minimum atomic E-state index is -0.674. The lowest BCUT2D eigenvalue weighted by Gasteiger charge is -2.45. The van der Waals surface area contributed by atoms with E-state index in [0.717, 1.165) is 19.3 Å². The van der Waals surface area contributed by atoms with Crippen LogP contribution >= 0.6 is 0 Å². The number of rotatable bonds is 5. The fourth-order valence-corrected chi connectivity index (χ4v) is 7.15. The number of ether oxygens (including phenoxy) is 1. The van der Waals surface area contributed by atoms with Crippen molar-refractivity contribution in [1.29, 1.82) is 0 Å². The first-order chi connectivity index (χ1) is 14.5. The third-order valence-electron chi connectivity index (χ3n) is 9.55. The predicted molar refractivity (Wildman–Crippen MR) is 127 cm³/mol. The highest BCUT2D eigenvalue weighted by molar-refractivity contribution is 5.36. The first-order valence-corrected chi connectivity index (χ1v) is 12.6. The minimum absolute atomic E-state index is 0.0151. The summed E-state index contributed by atoms with van der Waals surface area (Å²) in [4.78, 5) is 0. The number of hydrogen-bond acceptors (Lipinski definition) is 3. The Labute approximate surface area is 189 Å². The molecule has 0 aromatic carbocycles. The lowest BCUT2D eigenvalue weighted by molar-refractivity contribution is 0.0171. The summed E-state index contributed by atoms with van der Waals surface area (Å²) in [6.45, 7) is 15.0. The van der Waals surface area contributed by atoms with Crippen LogP contribution in [0.25, 0.3) is 0 Å². The second-order valence-corrected chi connectivity index (χ2v) is 12.0. The van der Waals surface area contributed by atoms with E-state index in [1.54, 1.807) is 0 Å². The van der Waals surface area contributed by atoms with Crippen molar-refractivity contribution < 1.29 is 14.9 Å². The molecule has 3 saturated carbocycles. The summed E-state index contributed by atoms with van der Waals surface area (Å²) in [7, 11) is 0. The molecular weight excluding hydrogens is 384 g/mol. The van der Waals surface area contributed by atoms with E-state index in [-0.39, 0.29) is 23.7 Å². The molecule has 31 heavy (non-hydrogen) atoms. The number of aliphatic hydroxyl groups excluding tert-OH is 1. The second kappa shape index (κ2) is 8.15. The van der Waals surface area contributed by atoms with E-state index in [9.17, 15) is 10.2 Å². The van der Waals surface area contributed by atoms with Crippen LogP contribution in [-0.2, 0) is 4.74 Å². The maximum atomic E-state index is 10.3. The molecule has 1 heterocycles. The monoisotopic (exact) mass is 428 g/mol. The van der Waals surface area contributed by atoms with Crippen LogP contribution in [0.3, 0.4) is 0 Å². The van der Waals surface area contributed by atoms with Crippen molar-refractivity contribution in [2.45, 2.75) is 109 Å². The standard InChI is InChI=1S/C28H44O3/c1-18-9-11-22(29)16-21(18)17-25-28(31-25)15-7-14-27(6)23(12-13-24(27)28)19(2)8-10-20(3)26(4,5)30/h8,10,17,19-20,22-25,29-30H,1,7,9,11-16H2,2-6H3/t19-,20+,22+,23-,24-,25?,27-,28?/m1/s1. The molecule has 3 heteroatoms. The number of fused-ring (bicyclic) bond motifs is 2. The van der Waals surface area contributed by atoms with Gasteiger partial charge in [-0.3, -0.25) is 0 Å². The normalized spacial score (nSPS) is 44.1. The Hall–Kier alpha value is -0.900. The Morgan fingerprint density at radius 3 is 2.61 bits per heavy atom. The molecular formula is C28H44O3. The van der Waals surface area contributed by atoms with Crippen molar-refractivity contribution in [2.75, 3.05) is 0 Å². The lowest BCUT2D eigenvalue weighted by atomic mass is 9.58. The fourth-order valence-electron chi connectivity index (χ4n) is 7.15. The SMILES string of the molecule is C=C1CC[C@H](O)CC1=CC1OC12CCC[C@]1(C)[C@@H]([C@H](C)C=C[C@H](C)C(C)(C)O)CC[C@@H]21. The molecule has 4 rings (SSSR count). The van der Waals surface area contributed by atoms with Gasteiger partial charge in [0, 0.05) is 5.92 Å². The van der Waals surface area contributed by atoms with Crippen LogP contribution in [0.2, 0.25) is 0 Å². The molecule has 1 aliphatic heterocycles. The van der Waals surface area contributed by atoms with Gasteiger partial charge >= 0.3 is 0 Å². The first kappa shape index (κ1) is 23.3.